The molecule has 1 aromatic heterocycles. The SMILES string of the molecule is COc1c(NC(=O)Nc2ccc(Oc3ccnc(C(=O)O)n3)c3ccccc23)cc(C(C)(C)C)cc1NS(C)(=O)=O. The fourth-order valence-electron chi connectivity index (χ4n) is 4.01. The zero-order chi connectivity index (χ0) is 29.9. The van der Waals surface area contributed by atoms with Gasteiger partial charge in [-0.05, 0) is 35.2 Å². The lowest BCUT2D eigenvalue weighted by molar-refractivity contribution is 0.0682. The van der Waals surface area contributed by atoms with E-state index in [1.807, 2.05) is 20.8 Å². The van der Waals surface area contributed by atoms with Gasteiger partial charge in [0.05, 0.1) is 30.4 Å². The molecule has 214 valence electrons. The lowest BCUT2D eigenvalue weighted by Crippen LogP contribution is -2.22. The van der Waals surface area contributed by atoms with E-state index in [1.165, 1.54) is 19.4 Å². The number of nitrogens with one attached hydrogen (secondary N) is 3. The molecule has 0 fully saturated rings. The Labute approximate surface area is 236 Å². The van der Waals surface area contributed by atoms with Crippen LogP contribution in [0.25, 0.3) is 10.8 Å². The number of carbonyl (C=O) groups is 2. The fraction of sp³-hybridized carbons (Fsp3) is 0.214. The molecule has 0 saturated carbocycles. The van der Waals surface area contributed by atoms with E-state index in [1.54, 1.807) is 48.5 Å². The number of urea groups is 1. The Morgan fingerprint density at radius 1 is 0.927 bits per heavy atom. The fourth-order valence-corrected chi connectivity index (χ4v) is 4.56. The molecule has 2 amide bonds. The number of benzene rings is 3. The molecule has 0 aliphatic carbocycles. The molecule has 41 heavy (non-hydrogen) atoms. The van der Waals surface area contributed by atoms with Gasteiger partial charge < -0.3 is 25.2 Å². The number of aromatic carboxylic acids is 1. The Morgan fingerprint density at radius 3 is 2.22 bits per heavy atom. The Bertz CT molecular complexity index is 1750. The highest BCUT2D eigenvalue weighted by molar-refractivity contribution is 7.92. The number of aromatic nitrogens is 2. The number of fused-ring (bicyclic) bond motifs is 1. The number of amides is 2. The number of anilines is 3. The highest BCUT2D eigenvalue weighted by atomic mass is 32.2. The first kappa shape index (κ1) is 29.1. The number of methoxy groups -OCH3 is 1. The Hall–Kier alpha value is -4.91. The number of carboxylic acids is 1. The molecule has 1 heterocycles. The lowest BCUT2D eigenvalue weighted by atomic mass is 9.86. The molecule has 0 unspecified atom stereocenters. The zero-order valence-electron chi connectivity index (χ0n) is 23.0. The minimum Gasteiger partial charge on any atom is -0.492 e. The van der Waals surface area contributed by atoms with Gasteiger partial charge in [-0.15, -0.1) is 0 Å². The molecule has 4 rings (SSSR count). The number of rotatable bonds is 8. The second-order valence-corrected chi connectivity index (χ2v) is 11.8. The van der Waals surface area contributed by atoms with Crippen LogP contribution in [0.5, 0.6) is 17.4 Å². The highest BCUT2D eigenvalue weighted by Gasteiger charge is 2.22. The number of hydrogen-bond acceptors (Lipinski definition) is 8. The molecule has 0 saturated heterocycles. The lowest BCUT2D eigenvalue weighted by Gasteiger charge is -2.24. The summed E-state index contributed by atoms with van der Waals surface area (Å²) >= 11 is 0. The molecule has 4 N–H and O–H groups in total. The Kier molecular flexibility index (Phi) is 8.01. The van der Waals surface area contributed by atoms with E-state index in [-0.39, 0.29) is 28.4 Å². The molecule has 0 aliphatic heterocycles. The summed E-state index contributed by atoms with van der Waals surface area (Å²) in [5, 5.41) is 16.0. The average molecular weight is 580 g/mol. The maximum absolute atomic E-state index is 13.2. The third-order valence-corrected chi connectivity index (χ3v) is 6.46. The minimum absolute atomic E-state index is 0.0466. The van der Waals surface area contributed by atoms with E-state index in [9.17, 15) is 18.0 Å². The Balaban J connectivity index is 1.66. The van der Waals surface area contributed by atoms with Gasteiger partial charge in [-0.2, -0.15) is 4.98 Å². The van der Waals surface area contributed by atoms with Gasteiger partial charge in [-0.3, -0.25) is 4.72 Å². The first-order valence-electron chi connectivity index (χ1n) is 12.3. The van der Waals surface area contributed by atoms with Gasteiger partial charge in [0.15, 0.2) is 5.75 Å². The van der Waals surface area contributed by atoms with Crippen molar-refractivity contribution in [1.82, 2.24) is 9.97 Å². The van der Waals surface area contributed by atoms with Gasteiger partial charge in [0.2, 0.25) is 21.7 Å². The summed E-state index contributed by atoms with van der Waals surface area (Å²) in [6.45, 7) is 5.88. The van der Waals surface area contributed by atoms with Crippen molar-refractivity contribution in [2.24, 2.45) is 0 Å². The monoisotopic (exact) mass is 579 g/mol. The summed E-state index contributed by atoms with van der Waals surface area (Å²) in [5.74, 6) is -1.10. The third kappa shape index (κ3) is 7.00. The number of carbonyl (C=O) groups excluding carboxylic acids is 1. The number of hydrogen-bond donors (Lipinski definition) is 4. The van der Waals surface area contributed by atoms with E-state index in [2.05, 4.69) is 25.3 Å². The largest absolute Gasteiger partial charge is 0.492 e. The van der Waals surface area contributed by atoms with Crippen LogP contribution in [0.3, 0.4) is 0 Å². The smallest absolute Gasteiger partial charge is 0.374 e. The first-order valence-corrected chi connectivity index (χ1v) is 14.2. The summed E-state index contributed by atoms with van der Waals surface area (Å²) in [4.78, 5) is 32.0. The predicted molar refractivity (Wildman–Crippen MR) is 156 cm³/mol. The van der Waals surface area contributed by atoms with Crippen LogP contribution in [-0.4, -0.2) is 48.9 Å². The van der Waals surface area contributed by atoms with Crippen LogP contribution in [-0.2, 0) is 15.4 Å². The second kappa shape index (κ2) is 11.3. The van der Waals surface area contributed by atoms with Crippen molar-refractivity contribution in [2.45, 2.75) is 26.2 Å². The summed E-state index contributed by atoms with van der Waals surface area (Å²) in [6, 6.07) is 14.7. The van der Waals surface area contributed by atoms with E-state index >= 15 is 0 Å². The molecular formula is C28H29N5O7S. The molecule has 3 aromatic carbocycles. The molecule has 0 radical (unpaired) electrons. The number of nitrogens with zero attached hydrogens (tertiary/aromatic N) is 2. The number of ether oxygens (including phenoxy) is 2. The van der Waals surface area contributed by atoms with Crippen molar-refractivity contribution < 1.29 is 32.6 Å². The highest BCUT2D eigenvalue weighted by Crippen LogP contribution is 2.39. The maximum atomic E-state index is 13.2. The average Bonchev–Trinajstić information content (AvgIpc) is 2.88. The van der Waals surface area contributed by atoms with Gasteiger partial charge in [0, 0.05) is 23.0 Å². The third-order valence-electron chi connectivity index (χ3n) is 5.87. The van der Waals surface area contributed by atoms with Gasteiger partial charge in [0.25, 0.3) is 0 Å². The minimum atomic E-state index is -3.63. The molecule has 0 bridgehead atoms. The summed E-state index contributed by atoms with van der Waals surface area (Å²) in [5.41, 5.74) is 1.32. The van der Waals surface area contributed by atoms with Crippen molar-refractivity contribution in [3.63, 3.8) is 0 Å². The molecular weight excluding hydrogens is 550 g/mol. The Morgan fingerprint density at radius 2 is 1.59 bits per heavy atom. The van der Waals surface area contributed by atoms with Crippen molar-refractivity contribution in [2.75, 3.05) is 28.7 Å². The van der Waals surface area contributed by atoms with E-state index < -0.39 is 27.8 Å². The van der Waals surface area contributed by atoms with Gasteiger partial charge in [0.1, 0.15) is 5.75 Å². The topological polar surface area (TPSA) is 169 Å². The van der Waals surface area contributed by atoms with Crippen LogP contribution in [0.4, 0.5) is 21.9 Å². The standard InChI is InChI=1S/C28H29N5O7S/c1-28(2,3)16-14-20(24(39-4)21(15-16)33-41(5,37)38)31-27(36)30-19-10-11-22(18-9-7-6-8-17(18)19)40-23-12-13-29-25(32-23)26(34)35/h6-15,33H,1-5H3,(H,34,35)(H2,30,31,36). The van der Waals surface area contributed by atoms with Gasteiger partial charge in [-0.25, -0.2) is 23.0 Å². The summed E-state index contributed by atoms with van der Waals surface area (Å²) < 4.78 is 37.8. The van der Waals surface area contributed by atoms with Crippen molar-refractivity contribution in [3.8, 4) is 17.4 Å². The van der Waals surface area contributed by atoms with Crippen LogP contribution in [0.2, 0.25) is 0 Å². The van der Waals surface area contributed by atoms with E-state index in [0.29, 0.717) is 22.2 Å². The van der Waals surface area contributed by atoms with Crippen molar-refractivity contribution in [1.29, 1.82) is 0 Å². The van der Waals surface area contributed by atoms with Crippen LogP contribution < -0.4 is 24.8 Å². The van der Waals surface area contributed by atoms with Gasteiger partial charge >= 0.3 is 12.0 Å². The van der Waals surface area contributed by atoms with Crippen molar-refractivity contribution in [3.05, 3.63) is 72.2 Å². The number of sulfonamides is 1. The zero-order valence-corrected chi connectivity index (χ0v) is 23.8. The predicted octanol–water partition coefficient (Wildman–Crippen LogP) is 5.44. The van der Waals surface area contributed by atoms with Crippen LogP contribution >= 0.6 is 0 Å². The van der Waals surface area contributed by atoms with Gasteiger partial charge in [-0.1, -0.05) is 45.0 Å². The summed E-state index contributed by atoms with van der Waals surface area (Å²) in [6.07, 6.45) is 2.32. The molecule has 0 aliphatic rings. The quantitative estimate of drug-likeness (QED) is 0.212. The molecule has 0 atom stereocenters. The van der Waals surface area contributed by atoms with Crippen LogP contribution in [0, 0.1) is 0 Å². The first-order chi connectivity index (χ1) is 19.2. The van der Waals surface area contributed by atoms with Crippen LogP contribution in [0.1, 0.15) is 37.0 Å². The second-order valence-electron chi connectivity index (χ2n) is 10.1. The molecule has 12 nitrogen and oxygen atoms in total. The normalized spacial score (nSPS) is 11.5. The molecule has 0 spiro atoms. The summed E-state index contributed by atoms with van der Waals surface area (Å²) in [7, 11) is -2.25. The maximum Gasteiger partial charge on any atom is 0.374 e. The van der Waals surface area contributed by atoms with Crippen LogP contribution in [0.15, 0.2) is 60.8 Å². The number of carboxylic acid groups (broad SMARTS) is 1. The van der Waals surface area contributed by atoms with Crippen molar-refractivity contribution >= 4 is 49.9 Å². The van der Waals surface area contributed by atoms with E-state index in [4.69, 9.17) is 14.6 Å². The molecule has 13 heteroatoms. The molecule has 4 aromatic rings. The van der Waals surface area contributed by atoms with E-state index in [0.717, 1.165) is 11.8 Å².